The number of esters is 2. The average Bonchev–Trinajstić information content (AvgIpc) is 3.53. The van der Waals surface area contributed by atoms with Gasteiger partial charge in [0.2, 0.25) is 0 Å². The van der Waals surface area contributed by atoms with Crippen LogP contribution in [0.2, 0.25) is 0 Å². The SMILES string of the molecule is CC(=O)Oc1cccc2c1[C@@H](OC(C)=O)[C@H]1O[C@H]1C21Oc2cccc3cccc(c23)O1. The van der Waals surface area contributed by atoms with Gasteiger partial charge >= 0.3 is 17.7 Å². The van der Waals surface area contributed by atoms with Crippen molar-refractivity contribution in [3.63, 3.8) is 0 Å². The Hall–Kier alpha value is -3.58. The molecule has 3 aromatic carbocycles. The predicted octanol–water partition coefficient (Wildman–Crippen LogP) is 3.77. The van der Waals surface area contributed by atoms with Crippen molar-refractivity contribution in [1.82, 2.24) is 0 Å². The Morgan fingerprint density at radius 1 is 0.903 bits per heavy atom. The van der Waals surface area contributed by atoms with Gasteiger partial charge in [0, 0.05) is 25.0 Å². The number of epoxide rings is 1. The molecule has 1 fully saturated rings. The zero-order valence-electron chi connectivity index (χ0n) is 16.8. The first-order valence-electron chi connectivity index (χ1n) is 10.0. The van der Waals surface area contributed by atoms with E-state index in [0.717, 1.165) is 10.8 Å². The normalized spacial score (nSPS) is 23.7. The molecule has 31 heavy (non-hydrogen) atoms. The lowest BCUT2D eigenvalue weighted by atomic mass is 9.83. The fraction of sp³-hybridized carbons (Fsp3) is 0.250. The van der Waals surface area contributed by atoms with Gasteiger partial charge in [-0.15, -0.1) is 0 Å². The lowest BCUT2D eigenvalue weighted by molar-refractivity contribution is -0.156. The largest absolute Gasteiger partial charge is 0.455 e. The molecule has 0 aromatic heterocycles. The molecular formula is C24H18O7. The third-order valence-electron chi connectivity index (χ3n) is 5.82. The van der Waals surface area contributed by atoms with Gasteiger partial charge in [-0.3, -0.25) is 9.59 Å². The van der Waals surface area contributed by atoms with Gasteiger partial charge in [0.25, 0.3) is 0 Å². The van der Waals surface area contributed by atoms with E-state index in [4.69, 9.17) is 23.7 Å². The molecule has 7 nitrogen and oxygen atoms in total. The van der Waals surface area contributed by atoms with Crippen LogP contribution in [0.1, 0.15) is 31.1 Å². The second-order valence-electron chi connectivity index (χ2n) is 7.84. The van der Waals surface area contributed by atoms with E-state index in [0.29, 0.717) is 22.6 Å². The van der Waals surface area contributed by atoms with E-state index in [-0.39, 0.29) is 5.75 Å². The molecule has 6 rings (SSSR count). The van der Waals surface area contributed by atoms with Gasteiger partial charge in [-0.1, -0.05) is 36.4 Å². The van der Waals surface area contributed by atoms with Gasteiger partial charge in [0.1, 0.15) is 23.4 Å². The summed E-state index contributed by atoms with van der Waals surface area (Å²) in [6.45, 7) is 2.65. The number of benzene rings is 3. The Labute approximate surface area is 177 Å². The maximum atomic E-state index is 11.8. The van der Waals surface area contributed by atoms with Crippen molar-refractivity contribution < 1.29 is 33.3 Å². The molecule has 3 aromatic rings. The first kappa shape index (κ1) is 18.2. The molecule has 1 saturated heterocycles. The molecule has 3 aliphatic rings. The van der Waals surface area contributed by atoms with Crippen LogP contribution in [0.15, 0.2) is 54.6 Å². The maximum absolute atomic E-state index is 11.8. The molecule has 156 valence electrons. The molecule has 1 aliphatic carbocycles. The number of ether oxygens (including phenoxy) is 5. The molecule has 0 N–H and O–H groups in total. The van der Waals surface area contributed by atoms with E-state index >= 15 is 0 Å². The van der Waals surface area contributed by atoms with E-state index < -0.39 is 36.0 Å². The quantitative estimate of drug-likeness (QED) is 0.356. The molecule has 2 aliphatic heterocycles. The van der Waals surface area contributed by atoms with Gasteiger partial charge in [-0.2, -0.15) is 0 Å². The number of carbonyl (C=O) groups excluding carboxylic acids is 2. The lowest BCUT2D eigenvalue weighted by Crippen LogP contribution is -2.51. The summed E-state index contributed by atoms with van der Waals surface area (Å²) in [7, 11) is 0. The molecule has 7 heteroatoms. The van der Waals surface area contributed by atoms with Gasteiger partial charge < -0.3 is 23.7 Å². The Morgan fingerprint density at radius 3 is 2.23 bits per heavy atom. The molecule has 1 spiro atoms. The summed E-state index contributed by atoms with van der Waals surface area (Å²) in [5.41, 5.74) is 1.11. The van der Waals surface area contributed by atoms with Gasteiger partial charge in [-0.05, 0) is 23.6 Å². The summed E-state index contributed by atoms with van der Waals surface area (Å²) in [4.78, 5) is 23.6. The topological polar surface area (TPSA) is 83.6 Å². The van der Waals surface area contributed by atoms with Crippen LogP contribution in [0.25, 0.3) is 10.8 Å². The van der Waals surface area contributed by atoms with Crippen LogP contribution in [-0.4, -0.2) is 24.1 Å². The van der Waals surface area contributed by atoms with Crippen LogP contribution in [0.5, 0.6) is 17.2 Å². The third-order valence-corrected chi connectivity index (χ3v) is 5.82. The molecule has 0 amide bonds. The minimum atomic E-state index is -1.30. The molecule has 0 radical (unpaired) electrons. The Morgan fingerprint density at radius 2 is 1.58 bits per heavy atom. The Bertz CT molecular complexity index is 1220. The molecule has 0 unspecified atom stereocenters. The fourth-order valence-electron chi connectivity index (χ4n) is 4.68. The maximum Gasteiger partial charge on any atom is 0.308 e. The van der Waals surface area contributed by atoms with E-state index in [1.807, 2.05) is 42.5 Å². The zero-order valence-corrected chi connectivity index (χ0v) is 16.8. The molecule has 2 heterocycles. The van der Waals surface area contributed by atoms with Crippen molar-refractivity contribution in [2.24, 2.45) is 0 Å². The number of fused-ring (bicyclic) bond motifs is 4. The number of carbonyl (C=O) groups is 2. The summed E-state index contributed by atoms with van der Waals surface area (Å²) in [5, 5.41) is 1.88. The average molecular weight is 418 g/mol. The zero-order chi connectivity index (χ0) is 21.3. The number of hydrogen-bond acceptors (Lipinski definition) is 7. The van der Waals surface area contributed by atoms with Crippen molar-refractivity contribution >= 4 is 22.7 Å². The lowest BCUT2D eigenvalue weighted by Gasteiger charge is -2.41. The standard InChI is InChI=1S/C24H18O7/c1-12(25)27-16-9-5-8-15-20(16)21(28-13(2)26)22-23(29-22)24(15)30-17-10-3-6-14-7-4-11-18(31-24)19(14)17/h3-11,21-23H,1-2H3/t21-,22-,23-/m1/s1. The van der Waals surface area contributed by atoms with Crippen molar-refractivity contribution in [2.45, 2.75) is 37.9 Å². The van der Waals surface area contributed by atoms with Crippen LogP contribution in [-0.2, 0) is 24.8 Å². The van der Waals surface area contributed by atoms with E-state index in [1.165, 1.54) is 13.8 Å². The van der Waals surface area contributed by atoms with Gasteiger partial charge in [-0.25, -0.2) is 0 Å². The summed E-state index contributed by atoms with van der Waals surface area (Å²) in [5.74, 6) is -0.612. The van der Waals surface area contributed by atoms with E-state index in [9.17, 15) is 9.59 Å². The molecule has 3 atom stereocenters. The monoisotopic (exact) mass is 418 g/mol. The second kappa shape index (κ2) is 6.21. The highest BCUT2D eigenvalue weighted by Crippen LogP contribution is 2.59. The van der Waals surface area contributed by atoms with Crippen LogP contribution < -0.4 is 14.2 Å². The minimum Gasteiger partial charge on any atom is -0.455 e. The second-order valence-corrected chi connectivity index (χ2v) is 7.84. The Balaban J connectivity index is 1.57. The van der Waals surface area contributed by atoms with Crippen LogP contribution in [0, 0.1) is 0 Å². The smallest absolute Gasteiger partial charge is 0.308 e. The predicted molar refractivity (Wildman–Crippen MR) is 108 cm³/mol. The van der Waals surface area contributed by atoms with Crippen LogP contribution in [0.3, 0.4) is 0 Å². The van der Waals surface area contributed by atoms with Gasteiger partial charge in [0.05, 0.1) is 5.39 Å². The van der Waals surface area contributed by atoms with Crippen LogP contribution in [0.4, 0.5) is 0 Å². The number of rotatable bonds is 2. The summed E-state index contributed by atoms with van der Waals surface area (Å²) in [6, 6.07) is 16.8. The van der Waals surface area contributed by atoms with Crippen molar-refractivity contribution in [3.8, 4) is 17.2 Å². The Kier molecular flexibility index (Phi) is 3.65. The highest BCUT2D eigenvalue weighted by molar-refractivity contribution is 5.94. The van der Waals surface area contributed by atoms with Crippen molar-refractivity contribution in [1.29, 1.82) is 0 Å². The van der Waals surface area contributed by atoms with Gasteiger partial charge in [0.15, 0.2) is 12.2 Å². The van der Waals surface area contributed by atoms with Crippen molar-refractivity contribution in [3.05, 3.63) is 65.7 Å². The fourth-order valence-corrected chi connectivity index (χ4v) is 4.68. The summed E-state index contributed by atoms with van der Waals surface area (Å²) < 4.78 is 30.0. The minimum absolute atomic E-state index is 0.286. The molecule has 0 saturated carbocycles. The first-order chi connectivity index (χ1) is 15.0. The van der Waals surface area contributed by atoms with E-state index in [2.05, 4.69) is 0 Å². The van der Waals surface area contributed by atoms with E-state index in [1.54, 1.807) is 12.1 Å². The highest BCUT2D eigenvalue weighted by Gasteiger charge is 2.70. The molecular weight excluding hydrogens is 400 g/mol. The molecule has 0 bridgehead atoms. The summed E-state index contributed by atoms with van der Waals surface area (Å²) in [6.07, 6.45) is -1.73. The van der Waals surface area contributed by atoms with Crippen LogP contribution >= 0.6 is 0 Å². The number of hydrogen-bond donors (Lipinski definition) is 0. The first-order valence-corrected chi connectivity index (χ1v) is 10.0. The van der Waals surface area contributed by atoms with Crippen molar-refractivity contribution in [2.75, 3.05) is 0 Å². The summed E-state index contributed by atoms with van der Waals surface area (Å²) >= 11 is 0. The third kappa shape index (κ3) is 2.56. The highest BCUT2D eigenvalue weighted by atomic mass is 16.8.